The van der Waals surface area contributed by atoms with Gasteiger partial charge in [0, 0.05) is 6.54 Å². The molecule has 1 heterocycles. The summed E-state index contributed by atoms with van der Waals surface area (Å²) < 4.78 is 5.37. The van der Waals surface area contributed by atoms with E-state index in [9.17, 15) is 0 Å². The SMILES string of the molecule is CCCOc1nc(N)nc(NCc2cccc(C)c2)n1. The fourth-order valence-electron chi connectivity index (χ4n) is 1.71. The molecule has 2 aromatic rings. The molecular formula is C14H19N5O. The van der Waals surface area contributed by atoms with Gasteiger partial charge in [-0.15, -0.1) is 0 Å². The maximum atomic E-state index is 5.64. The van der Waals surface area contributed by atoms with Gasteiger partial charge >= 0.3 is 6.01 Å². The predicted octanol–water partition coefficient (Wildman–Crippen LogP) is 2.16. The van der Waals surface area contributed by atoms with Gasteiger partial charge in [0.1, 0.15) is 0 Å². The second-order valence-corrected chi connectivity index (χ2v) is 4.49. The Morgan fingerprint density at radius 2 is 2.10 bits per heavy atom. The summed E-state index contributed by atoms with van der Waals surface area (Å²) >= 11 is 0. The Morgan fingerprint density at radius 3 is 2.85 bits per heavy atom. The summed E-state index contributed by atoms with van der Waals surface area (Å²) in [7, 11) is 0. The minimum atomic E-state index is 0.151. The highest BCUT2D eigenvalue weighted by atomic mass is 16.5. The van der Waals surface area contributed by atoms with E-state index in [4.69, 9.17) is 10.5 Å². The molecule has 20 heavy (non-hydrogen) atoms. The van der Waals surface area contributed by atoms with Crippen LogP contribution in [0.5, 0.6) is 6.01 Å². The molecule has 0 aliphatic heterocycles. The number of anilines is 2. The number of ether oxygens (including phenoxy) is 1. The number of benzene rings is 1. The summed E-state index contributed by atoms with van der Waals surface area (Å²) in [6.45, 7) is 5.25. The Bertz CT molecular complexity index is 573. The zero-order valence-corrected chi connectivity index (χ0v) is 11.8. The molecule has 1 aromatic carbocycles. The molecule has 1 aromatic heterocycles. The number of nitrogen functional groups attached to an aromatic ring is 1. The van der Waals surface area contributed by atoms with Crippen LogP contribution in [0, 0.1) is 6.92 Å². The van der Waals surface area contributed by atoms with E-state index in [0.29, 0.717) is 19.1 Å². The fourth-order valence-corrected chi connectivity index (χ4v) is 1.71. The monoisotopic (exact) mass is 273 g/mol. The number of nitrogens with one attached hydrogen (secondary N) is 1. The van der Waals surface area contributed by atoms with Crippen molar-refractivity contribution in [2.24, 2.45) is 0 Å². The maximum absolute atomic E-state index is 5.64. The average Bonchev–Trinajstić information content (AvgIpc) is 2.42. The number of nitrogens with two attached hydrogens (primary N) is 1. The Morgan fingerprint density at radius 1 is 1.25 bits per heavy atom. The highest BCUT2D eigenvalue weighted by molar-refractivity contribution is 5.34. The standard InChI is InChI=1S/C14H19N5O/c1-3-7-20-14-18-12(15)17-13(19-14)16-9-11-6-4-5-10(2)8-11/h4-6,8H,3,7,9H2,1-2H3,(H3,15,16,17,18,19). The van der Waals surface area contributed by atoms with Crippen LogP contribution in [0.1, 0.15) is 24.5 Å². The Balaban J connectivity index is 2.03. The lowest BCUT2D eigenvalue weighted by atomic mass is 10.1. The topological polar surface area (TPSA) is 86.0 Å². The maximum Gasteiger partial charge on any atom is 0.323 e. The van der Waals surface area contributed by atoms with Gasteiger partial charge in [0.15, 0.2) is 0 Å². The number of aromatic nitrogens is 3. The van der Waals surface area contributed by atoms with E-state index in [-0.39, 0.29) is 12.0 Å². The lowest BCUT2D eigenvalue weighted by Gasteiger charge is -2.08. The molecule has 6 heteroatoms. The molecule has 3 N–H and O–H groups in total. The Kier molecular flexibility index (Phi) is 4.70. The molecule has 0 atom stereocenters. The van der Waals surface area contributed by atoms with Gasteiger partial charge in [-0.3, -0.25) is 0 Å². The van der Waals surface area contributed by atoms with Crippen LogP contribution in [0.4, 0.5) is 11.9 Å². The third kappa shape index (κ3) is 4.08. The number of nitrogens with zero attached hydrogens (tertiary/aromatic N) is 3. The number of hydrogen-bond donors (Lipinski definition) is 2. The summed E-state index contributed by atoms with van der Waals surface area (Å²) in [5.41, 5.74) is 8.01. The van der Waals surface area contributed by atoms with Crippen LogP contribution in [0.25, 0.3) is 0 Å². The van der Waals surface area contributed by atoms with Gasteiger partial charge in [0.05, 0.1) is 6.61 Å². The summed E-state index contributed by atoms with van der Waals surface area (Å²) in [6.07, 6.45) is 0.887. The molecule has 0 spiro atoms. The van der Waals surface area contributed by atoms with E-state index in [0.717, 1.165) is 12.0 Å². The van der Waals surface area contributed by atoms with Crippen LogP contribution in [-0.4, -0.2) is 21.6 Å². The first-order valence-electron chi connectivity index (χ1n) is 6.61. The van der Waals surface area contributed by atoms with Gasteiger partial charge in [-0.1, -0.05) is 36.8 Å². The number of aryl methyl sites for hydroxylation is 1. The van der Waals surface area contributed by atoms with E-state index in [2.05, 4.69) is 39.3 Å². The van der Waals surface area contributed by atoms with Crippen molar-refractivity contribution in [3.05, 3.63) is 35.4 Å². The first-order valence-corrected chi connectivity index (χ1v) is 6.61. The van der Waals surface area contributed by atoms with Crippen molar-refractivity contribution < 1.29 is 4.74 Å². The molecule has 0 unspecified atom stereocenters. The number of rotatable bonds is 6. The zero-order valence-electron chi connectivity index (χ0n) is 11.8. The van der Waals surface area contributed by atoms with E-state index >= 15 is 0 Å². The largest absolute Gasteiger partial charge is 0.463 e. The first kappa shape index (κ1) is 14.0. The molecule has 0 aliphatic rings. The third-order valence-electron chi connectivity index (χ3n) is 2.60. The van der Waals surface area contributed by atoms with Gasteiger partial charge in [-0.25, -0.2) is 0 Å². The average molecular weight is 273 g/mol. The van der Waals surface area contributed by atoms with Crippen LogP contribution < -0.4 is 15.8 Å². The van der Waals surface area contributed by atoms with Crippen LogP contribution in [0.2, 0.25) is 0 Å². The quantitative estimate of drug-likeness (QED) is 0.838. The summed E-state index contributed by atoms with van der Waals surface area (Å²) in [4.78, 5) is 12.2. The fraction of sp³-hybridized carbons (Fsp3) is 0.357. The van der Waals surface area contributed by atoms with Crippen molar-refractivity contribution in [3.8, 4) is 6.01 Å². The summed E-state index contributed by atoms with van der Waals surface area (Å²) in [5.74, 6) is 0.572. The van der Waals surface area contributed by atoms with E-state index in [1.807, 2.05) is 19.1 Å². The molecule has 0 saturated carbocycles. The van der Waals surface area contributed by atoms with Gasteiger partial charge in [-0.05, 0) is 18.9 Å². The predicted molar refractivity (Wildman–Crippen MR) is 78.5 cm³/mol. The van der Waals surface area contributed by atoms with Gasteiger partial charge in [0.2, 0.25) is 11.9 Å². The van der Waals surface area contributed by atoms with Crippen molar-refractivity contribution in [1.29, 1.82) is 0 Å². The lowest BCUT2D eigenvalue weighted by Crippen LogP contribution is -2.09. The van der Waals surface area contributed by atoms with Crippen molar-refractivity contribution in [3.63, 3.8) is 0 Å². The van der Waals surface area contributed by atoms with Gasteiger partial charge in [-0.2, -0.15) is 15.0 Å². The Labute approximate surface area is 118 Å². The van der Waals surface area contributed by atoms with Crippen molar-refractivity contribution in [2.75, 3.05) is 17.7 Å². The minimum Gasteiger partial charge on any atom is -0.463 e. The normalized spacial score (nSPS) is 10.3. The van der Waals surface area contributed by atoms with Crippen LogP contribution in [-0.2, 0) is 6.54 Å². The molecule has 0 saturated heterocycles. The molecule has 0 fully saturated rings. The molecule has 0 bridgehead atoms. The highest BCUT2D eigenvalue weighted by Crippen LogP contribution is 2.11. The summed E-state index contributed by atoms with van der Waals surface area (Å²) in [5, 5.41) is 3.12. The van der Waals surface area contributed by atoms with Crippen LogP contribution in [0.15, 0.2) is 24.3 Å². The van der Waals surface area contributed by atoms with Crippen molar-refractivity contribution in [2.45, 2.75) is 26.8 Å². The molecule has 0 amide bonds. The van der Waals surface area contributed by atoms with Gasteiger partial charge < -0.3 is 15.8 Å². The van der Waals surface area contributed by atoms with Crippen molar-refractivity contribution in [1.82, 2.24) is 15.0 Å². The molecule has 0 aliphatic carbocycles. The van der Waals surface area contributed by atoms with E-state index < -0.39 is 0 Å². The second kappa shape index (κ2) is 6.70. The molecule has 2 rings (SSSR count). The zero-order chi connectivity index (χ0) is 14.4. The van der Waals surface area contributed by atoms with E-state index in [1.54, 1.807) is 0 Å². The minimum absolute atomic E-state index is 0.151. The smallest absolute Gasteiger partial charge is 0.323 e. The number of hydrogen-bond acceptors (Lipinski definition) is 6. The molecule has 0 radical (unpaired) electrons. The van der Waals surface area contributed by atoms with Crippen molar-refractivity contribution >= 4 is 11.9 Å². The van der Waals surface area contributed by atoms with Gasteiger partial charge in [0.25, 0.3) is 0 Å². The van der Waals surface area contributed by atoms with Crippen LogP contribution in [0.3, 0.4) is 0 Å². The van der Waals surface area contributed by atoms with Crippen LogP contribution >= 0.6 is 0 Å². The Hall–Kier alpha value is -2.37. The molecule has 6 nitrogen and oxygen atoms in total. The first-order chi connectivity index (χ1) is 9.67. The lowest BCUT2D eigenvalue weighted by molar-refractivity contribution is 0.292. The molecule has 106 valence electrons. The molecular weight excluding hydrogens is 254 g/mol. The second-order valence-electron chi connectivity index (χ2n) is 4.49. The highest BCUT2D eigenvalue weighted by Gasteiger charge is 2.05. The summed E-state index contributed by atoms with van der Waals surface area (Å²) in [6, 6.07) is 8.47. The van der Waals surface area contributed by atoms with E-state index in [1.165, 1.54) is 5.56 Å². The third-order valence-corrected chi connectivity index (χ3v) is 2.60.